The highest BCUT2D eigenvalue weighted by Gasteiger charge is 2.15. The van der Waals surface area contributed by atoms with Crippen molar-refractivity contribution in [2.24, 2.45) is 0 Å². The molecule has 2 rings (SSSR count). The van der Waals surface area contributed by atoms with Crippen LogP contribution in [0, 0.1) is 11.8 Å². The number of nitrogens with one attached hydrogen (secondary N) is 2. The van der Waals surface area contributed by atoms with Crippen LogP contribution in [-0.4, -0.2) is 24.3 Å². The third-order valence-corrected chi connectivity index (χ3v) is 3.73. The third-order valence-electron chi connectivity index (χ3n) is 3.73. The standard InChI is InChI=1S/C24H28N2O4/c1-24(2,3)30-23(28)26-17-21-14-9-13-19(16-21)10-7-8-15-25-22(27)29-18-20-11-5-4-6-12-20/h4-6,9,11-14,16H,8,15,17-18H2,1-3H3,(H,25,27)(H,26,28). The number of rotatable bonds is 6. The molecule has 0 aliphatic rings. The van der Waals surface area contributed by atoms with E-state index in [4.69, 9.17) is 9.47 Å². The van der Waals surface area contributed by atoms with Gasteiger partial charge in [0.2, 0.25) is 0 Å². The summed E-state index contributed by atoms with van der Waals surface area (Å²) < 4.78 is 10.4. The van der Waals surface area contributed by atoms with Crippen LogP contribution in [0.25, 0.3) is 0 Å². The van der Waals surface area contributed by atoms with E-state index in [2.05, 4.69) is 22.5 Å². The first-order chi connectivity index (χ1) is 14.3. The molecule has 30 heavy (non-hydrogen) atoms. The van der Waals surface area contributed by atoms with E-state index in [1.807, 2.05) is 75.4 Å². The Morgan fingerprint density at radius 3 is 2.40 bits per heavy atom. The molecule has 0 saturated heterocycles. The first kappa shape index (κ1) is 22.8. The van der Waals surface area contributed by atoms with Crippen molar-refractivity contribution < 1.29 is 19.1 Å². The highest BCUT2D eigenvalue weighted by Crippen LogP contribution is 2.08. The van der Waals surface area contributed by atoms with E-state index in [-0.39, 0.29) is 6.61 Å². The van der Waals surface area contributed by atoms with Gasteiger partial charge in [0.05, 0.1) is 0 Å². The monoisotopic (exact) mass is 408 g/mol. The summed E-state index contributed by atoms with van der Waals surface area (Å²) in [6.45, 7) is 6.46. The number of benzene rings is 2. The molecule has 0 aromatic heterocycles. The van der Waals surface area contributed by atoms with E-state index in [0.29, 0.717) is 19.5 Å². The number of alkyl carbamates (subject to hydrolysis) is 2. The first-order valence-corrected chi connectivity index (χ1v) is 9.81. The largest absolute Gasteiger partial charge is 0.445 e. The molecular weight excluding hydrogens is 380 g/mol. The van der Waals surface area contributed by atoms with Gasteiger partial charge in [0, 0.05) is 25.1 Å². The maximum Gasteiger partial charge on any atom is 0.407 e. The van der Waals surface area contributed by atoms with Crippen molar-refractivity contribution in [3.63, 3.8) is 0 Å². The molecule has 0 aliphatic heterocycles. The van der Waals surface area contributed by atoms with Gasteiger partial charge in [-0.3, -0.25) is 0 Å². The fourth-order valence-corrected chi connectivity index (χ4v) is 2.41. The maximum atomic E-state index is 11.7. The number of hydrogen-bond acceptors (Lipinski definition) is 4. The second-order valence-electron chi connectivity index (χ2n) is 7.60. The molecule has 6 heteroatoms. The van der Waals surface area contributed by atoms with Crippen molar-refractivity contribution in [3.8, 4) is 11.8 Å². The van der Waals surface area contributed by atoms with Crippen molar-refractivity contribution in [1.29, 1.82) is 0 Å². The van der Waals surface area contributed by atoms with E-state index in [1.165, 1.54) is 0 Å². The molecule has 158 valence electrons. The van der Waals surface area contributed by atoms with Crippen LogP contribution in [0.4, 0.5) is 9.59 Å². The van der Waals surface area contributed by atoms with Gasteiger partial charge in [0.1, 0.15) is 12.2 Å². The smallest absolute Gasteiger partial charge is 0.407 e. The molecule has 0 saturated carbocycles. The van der Waals surface area contributed by atoms with Crippen LogP contribution in [0.3, 0.4) is 0 Å². The summed E-state index contributed by atoms with van der Waals surface area (Å²) in [5, 5.41) is 5.40. The molecule has 0 bridgehead atoms. The third kappa shape index (κ3) is 9.65. The summed E-state index contributed by atoms with van der Waals surface area (Å²) in [7, 11) is 0. The Morgan fingerprint density at radius 2 is 1.67 bits per heavy atom. The van der Waals surface area contributed by atoms with Gasteiger partial charge >= 0.3 is 12.2 Å². The number of carbonyl (C=O) groups is 2. The van der Waals surface area contributed by atoms with Crippen LogP contribution in [-0.2, 0) is 22.6 Å². The lowest BCUT2D eigenvalue weighted by atomic mass is 10.1. The van der Waals surface area contributed by atoms with Gasteiger partial charge in [-0.05, 0) is 44.0 Å². The highest BCUT2D eigenvalue weighted by atomic mass is 16.6. The van der Waals surface area contributed by atoms with Crippen molar-refractivity contribution in [2.75, 3.05) is 6.54 Å². The van der Waals surface area contributed by atoms with Gasteiger partial charge in [-0.2, -0.15) is 0 Å². The Kier molecular flexibility index (Phi) is 8.76. The summed E-state index contributed by atoms with van der Waals surface area (Å²) in [5.41, 5.74) is 2.17. The van der Waals surface area contributed by atoms with Crippen molar-refractivity contribution in [2.45, 2.75) is 45.9 Å². The van der Waals surface area contributed by atoms with Crippen LogP contribution in [0.15, 0.2) is 54.6 Å². The van der Waals surface area contributed by atoms with E-state index in [0.717, 1.165) is 16.7 Å². The Balaban J connectivity index is 1.70. The van der Waals surface area contributed by atoms with E-state index in [9.17, 15) is 9.59 Å². The minimum absolute atomic E-state index is 0.239. The lowest BCUT2D eigenvalue weighted by Gasteiger charge is -2.19. The topological polar surface area (TPSA) is 76.7 Å². The Bertz CT molecular complexity index is 893. The summed E-state index contributed by atoms with van der Waals surface area (Å²) in [4.78, 5) is 23.4. The van der Waals surface area contributed by atoms with Crippen molar-refractivity contribution in [1.82, 2.24) is 10.6 Å². The minimum Gasteiger partial charge on any atom is -0.445 e. The maximum absolute atomic E-state index is 11.7. The Morgan fingerprint density at radius 1 is 0.933 bits per heavy atom. The zero-order valence-electron chi connectivity index (χ0n) is 17.7. The second-order valence-corrected chi connectivity index (χ2v) is 7.60. The molecule has 0 spiro atoms. The predicted octanol–water partition coefficient (Wildman–Crippen LogP) is 4.38. The molecule has 0 radical (unpaired) electrons. The lowest BCUT2D eigenvalue weighted by molar-refractivity contribution is 0.0523. The first-order valence-electron chi connectivity index (χ1n) is 9.81. The molecule has 2 aromatic carbocycles. The van der Waals surface area contributed by atoms with Crippen LogP contribution in [0.5, 0.6) is 0 Å². The van der Waals surface area contributed by atoms with Crippen LogP contribution >= 0.6 is 0 Å². The molecule has 0 fully saturated rings. The fraction of sp³-hybridized carbons (Fsp3) is 0.333. The van der Waals surface area contributed by atoms with Gasteiger partial charge in [0.25, 0.3) is 0 Å². The van der Waals surface area contributed by atoms with Gasteiger partial charge in [0.15, 0.2) is 0 Å². The summed E-state index contributed by atoms with van der Waals surface area (Å²) >= 11 is 0. The van der Waals surface area contributed by atoms with Gasteiger partial charge in [-0.15, -0.1) is 0 Å². The molecule has 2 amide bonds. The second kappa shape index (κ2) is 11.5. The normalized spacial score (nSPS) is 10.4. The molecule has 0 heterocycles. The molecule has 0 atom stereocenters. The van der Waals surface area contributed by atoms with Crippen LogP contribution in [0.2, 0.25) is 0 Å². The molecule has 2 aromatic rings. The number of hydrogen-bond donors (Lipinski definition) is 2. The molecule has 2 N–H and O–H groups in total. The van der Waals surface area contributed by atoms with E-state index >= 15 is 0 Å². The van der Waals surface area contributed by atoms with Crippen molar-refractivity contribution >= 4 is 12.2 Å². The number of carbonyl (C=O) groups excluding carboxylic acids is 2. The molecule has 0 aliphatic carbocycles. The number of amides is 2. The van der Waals surface area contributed by atoms with E-state index in [1.54, 1.807) is 0 Å². The summed E-state index contributed by atoms with van der Waals surface area (Å²) in [6, 6.07) is 17.1. The minimum atomic E-state index is -0.528. The zero-order chi connectivity index (χ0) is 21.8. The molecule has 6 nitrogen and oxygen atoms in total. The zero-order valence-corrected chi connectivity index (χ0v) is 17.7. The Hall–Kier alpha value is -3.46. The van der Waals surface area contributed by atoms with E-state index < -0.39 is 17.8 Å². The highest BCUT2D eigenvalue weighted by molar-refractivity contribution is 5.67. The molecule has 0 unspecified atom stereocenters. The SMILES string of the molecule is CC(C)(C)OC(=O)NCc1cccc(C#CCCNC(=O)OCc2ccccc2)c1. The fourth-order valence-electron chi connectivity index (χ4n) is 2.41. The average Bonchev–Trinajstić information content (AvgIpc) is 2.70. The number of ether oxygens (including phenoxy) is 2. The van der Waals surface area contributed by atoms with Gasteiger partial charge in [-0.25, -0.2) is 9.59 Å². The molecular formula is C24H28N2O4. The van der Waals surface area contributed by atoms with Gasteiger partial charge in [-0.1, -0.05) is 54.3 Å². The quantitative estimate of drug-likeness (QED) is 0.549. The predicted molar refractivity (Wildman–Crippen MR) is 116 cm³/mol. The van der Waals surface area contributed by atoms with Crippen LogP contribution < -0.4 is 10.6 Å². The van der Waals surface area contributed by atoms with Crippen LogP contribution in [0.1, 0.15) is 43.9 Å². The van der Waals surface area contributed by atoms with Crippen molar-refractivity contribution in [3.05, 3.63) is 71.3 Å². The average molecular weight is 408 g/mol. The Labute approximate surface area is 178 Å². The summed E-state index contributed by atoms with van der Waals surface area (Å²) in [6.07, 6.45) is -0.416. The lowest BCUT2D eigenvalue weighted by Crippen LogP contribution is -2.32. The van der Waals surface area contributed by atoms with Gasteiger partial charge < -0.3 is 20.1 Å². The summed E-state index contributed by atoms with van der Waals surface area (Å²) in [5.74, 6) is 6.08.